The number of rotatable bonds is 6. The fraction of sp³-hybridized carbons (Fsp3) is 1.00. The van der Waals surface area contributed by atoms with Crippen LogP contribution in [0.3, 0.4) is 0 Å². The third-order valence-electron chi connectivity index (χ3n) is 3.46. The molecule has 0 bridgehead atoms. The number of nitrogens with zero attached hydrogens (tertiary/aromatic N) is 1. The molecular formula is C11H24AlN. The summed E-state index contributed by atoms with van der Waals surface area (Å²) in [6.45, 7) is 8.38. The van der Waals surface area contributed by atoms with E-state index in [2.05, 4.69) is 18.7 Å². The Bertz CT molecular complexity index is 115. The molecule has 0 aromatic rings. The minimum Gasteiger partial charge on any atom is -0.304 e. The fourth-order valence-corrected chi connectivity index (χ4v) is 5.80. The minimum absolute atomic E-state index is 0.189. The molecule has 0 aliphatic carbocycles. The average molecular weight is 197 g/mol. The van der Waals surface area contributed by atoms with Gasteiger partial charge in [-0.15, -0.1) is 0 Å². The van der Waals surface area contributed by atoms with Gasteiger partial charge in [-0.05, 0) is 19.6 Å². The molecule has 0 N–H and O–H groups in total. The average Bonchev–Trinajstić information content (AvgIpc) is 2.65. The van der Waals surface area contributed by atoms with E-state index < -0.39 is 0 Å². The van der Waals surface area contributed by atoms with Crippen LogP contribution in [0, 0.1) is 0 Å². The molecule has 1 saturated heterocycles. The van der Waals surface area contributed by atoms with E-state index >= 15 is 0 Å². The normalized spacial score (nSPS) is 17.3. The second-order valence-electron chi connectivity index (χ2n) is 4.32. The predicted octanol–water partition coefficient (Wildman–Crippen LogP) is 3.01. The van der Waals surface area contributed by atoms with Gasteiger partial charge in [0.15, 0.2) is 0 Å². The molecule has 0 aromatic carbocycles. The zero-order valence-electron chi connectivity index (χ0n) is 9.39. The van der Waals surface area contributed by atoms with Crippen molar-refractivity contribution < 1.29 is 0 Å². The van der Waals surface area contributed by atoms with E-state index in [9.17, 15) is 0 Å². The lowest BCUT2D eigenvalue weighted by Crippen LogP contribution is -2.24. The summed E-state index contributed by atoms with van der Waals surface area (Å²) < 4.78 is 0. The Morgan fingerprint density at radius 1 is 1.08 bits per heavy atom. The van der Waals surface area contributed by atoms with Gasteiger partial charge < -0.3 is 4.90 Å². The van der Waals surface area contributed by atoms with E-state index in [1.807, 2.05) is 0 Å². The first-order chi connectivity index (χ1) is 6.36. The second kappa shape index (κ2) is 6.87. The highest BCUT2D eigenvalue weighted by molar-refractivity contribution is 6.59. The molecule has 0 unspecified atom stereocenters. The van der Waals surface area contributed by atoms with Crippen molar-refractivity contribution in [2.24, 2.45) is 0 Å². The standard InChI is InChI=1S/C7H16N.C4H8.Al/c1-4-7-8(5-2)6-3;1-3-4-2;/h1,4-7H2,2-3H3;1-4H2;. The van der Waals surface area contributed by atoms with Gasteiger partial charge in [-0.1, -0.05) is 49.0 Å². The monoisotopic (exact) mass is 197 g/mol. The van der Waals surface area contributed by atoms with Crippen molar-refractivity contribution in [1.29, 1.82) is 0 Å². The Hall–Kier alpha value is 0.492. The lowest BCUT2D eigenvalue weighted by Gasteiger charge is -2.17. The molecule has 0 amide bonds. The van der Waals surface area contributed by atoms with Gasteiger partial charge >= 0.3 is 0 Å². The molecule has 1 rings (SSSR count). The van der Waals surface area contributed by atoms with Crippen LogP contribution < -0.4 is 0 Å². The highest BCUT2D eigenvalue weighted by Crippen LogP contribution is 2.23. The highest BCUT2D eigenvalue weighted by atomic mass is 27.2. The van der Waals surface area contributed by atoms with Crippen LogP contribution in [0.5, 0.6) is 0 Å². The first-order valence-corrected chi connectivity index (χ1v) is 8.54. The molecule has 13 heavy (non-hydrogen) atoms. The smallest absolute Gasteiger partial charge is 0.261 e. The second-order valence-corrected chi connectivity index (χ2v) is 7.78. The molecule has 1 aliphatic rings. The van der Waals surface area contributed by atoms with Crippen LogP contribution in [0.25, 0.3) is 0 Å². The van der Waals surface area contributed by atoms with Crippen LogP contribution in [0.2, 0.25) is 15.8 Å². The Balaban J connectivity index is 1.98. The molecule has 1 aliphatic heterocycles. The SMILES string of the molecule is CCN(CC)CC[CH2][Al]1[CH2]CC[CH2]1. The number of hydrogen-bond acceptors (Lipinski definition) is 1. The van der Waals surface area contributed by atoms with E-state index in [1.54, 1.807) is 28.7 Å². The Kier molecular flexibility index (Phi) is 6.12. The Morgan fingerprint density at radius 2 is 1.69 bits per heavy atom. The van der Waals surface area contributed by atoms with Crippen LogP contribution >= 0.6 is 0 Å². The molecule has 0 aromatic heterocycles. The first kappa shape index (κ1) is 11.6. The molecule has 0 spiro atoms. The van der Waals surface area contributed by atoms with E-state index in [-0.39, 0.29) is 14.1 Å². The highest BCUT2D eigenvalue weighted by Gasteiger charge is 2.20. The van der Waals surface area contributed by atoms with Crippen molar-refractivity contribution in [2.75, 3.05) is 19.6 Å². The lowest BCUT2D eigenvalue weighted by atomic mass is 10.4. The summed E-state index contributed by atoms with van der Waals surface area (Å²) in [5.41, 5.74) is 0. The van der Waals surface area contributed by atoms with Crippen LogP contribution in [-0.4, -0.2) is 38.7 Å². The molecule has 0 radical (unpaired) electrons. The van der Waals surface area contributed by atoms with Gasteiger partial charge in [-0.2, -0.15) is 0 Å². The van der Waals surface area contributed by atoms with Gasteiger partial charge in [0.25, 0.3) is 14.1 Å². The summed E-state index contributed by atoms with van der Waals surface area (Å²) in [6, 6.07) is 0. The molecule has 2 heteroatoms. The van der Waals surface area contributed by atoms with Crippen LogP contribution in [0.15, 0.2) is 0 Å². The Labute approximate surface area is 87.9 Å². The molecule has 1 fully saturated rings. The third-order valence-corrected chi connectivity index (χ3v) is 7.13. The molecule has 76 valence electrons. The molecule has 0 atom stereocenters. The largest absolute Gasteiger partial charge is 0.304 e. The van der Waals surface area contributed by atoms with Crippen LogP contribution in [0.1, 0.15) is 33.1 Å². The van der Waals surface area contributed by atoms with Crippen molar-refractivity contribution in [3.63, 3.8) is 0 Å². The van der Waals surface area contributed by atoms with Crippen molar-refractivity contribution in [3.05, 3.63) is 0 Å². The van der Waals surface area contributed by atoms with E-state index in [1.165, 1.54) is 26.1 Å². The summed E-state index contributed by atoms with van der Waals surface area (Å²) >= 11 is -0.189. The zero-order chi connectivity index (χ0) is 9.52. The van der Waals surface area contributed by atoms with Crippen molar-refractivity contribution >= 4 is 14.1 Å². The number of hydrogen-bond donors (Lipinski definition) is 0. The molecule has 1 nitrogen and oxygen atoms in total. The lowest BCUT2D eigenvalue weighted by molar-refractivity contribution is 0.304. The minimum atomic E-state index is -0.189. The van der Waals surface area contributed by atoms with Crippen LogP contribution in [0.4, 0.5) is 0 Å². The van der Waals surface area contributed by atoms with Crippen LogP contribution in [-0.2, 0) is 0 Å². The van der Waals surface area contributed by atoms with Gasteiger partial charge in [0, 0.05) is 0 Å². The topological polar surface area (TPSA) is 3.24 Å². The van der Waals surface area contributed by atoms with Gasteiger partial charge in [0.05, 0.1) is 0 Å². The van der Waals surface area contributed by atoms with Crippen molar-refractivity contribution in [1.82, 2.24) is 4.90 Å². The fourth-order valence-electron chi connectivity index (χ4n) is 2.44. The summed E-state index contributed by atoms with van der Waals surface area (Å²) in [7, 11) is 0. The first-order valence-electron chi connectivity index (χ1n) is 6.09. The van der Waals surface area contributed by atoms with Gasteiger partial charge in [-0.3, -0.25) is 0 Å². The Morgan fingerprint density at radius 3 is 2.23 bits per heavy atom. The maximum Gasteiger partial charge on any atom is 0.261 e. The van der Waals surface area contributed by atoms with E-state index in [0.29, 0.717) is 0 Å². The zero-order valence-corrected chi connectivity index (χ0v) is 10.5. The quantitative estimate of drug-likeness (QED) is 0.592. The van der Waals surface area contributed by atoms with Crippen molar-refractivity contribution in [3.8, 4) is 0 Å². The van der Waals surface area contributed by atoms with Gasteiger partial charge in [0.2, 0.25) is 0 Å². The van der Waals surface area contributed by atoms with E-state index in [0.717, 1.165) is 0 Å². The maximum absolute atomic E-state index is 2.56. The molecule has 0 saturated carbocycles. The third kappa shape index (κ3) is 4.49. The molecular weight excluding hydrogens is 173 g/mol. The van der Waals surface area contributed by atoms with Gasteiger partial charge in [0.1, 0.15) is 0 Å². The van der Waals surface area contributed by atoms with Crippen molar-refractivity contribution in [2.45, 2.75) is 49.0 Å². The van der Waals surface area contributed by atoms with E-state index in [4.69, 9.17) is 0 Å². The summed E-state index contributed by atoms with van der Waals surface area (Å²) in [6.07, 6.45) is 4.60. The predicted molar refractivity (Wildman–Crippen MR) is 61.8 cm³/mol. The summed E-state index contributed by atoms with van der Waals surface area (Å²) in [4.78, 5) is 2.56. The summed E-state index contributed by atoms with van der Waals surface area (Å²) in [5.74, 6) is 0. The maximum atomic E-state index is 2.56. The summed E-state index contributed by atoms with van der Waals surface area (Å²) in [5, 5.41) is 4.92. The van der Waals surface area contributed by atoms with Gasteiger partial charge in [-0.25, -0.2) is 0 Å². The molecule has 1 heterocycles.